The Labute approximate surface area is 505 Å². The average Bonchev–Trinajstić information content (AvgIpc) is 1.50. The summed E-state index contributed by atoms with van der Waals surface area (Å²) in [5.74, 6) is 0.696. The lowest BCUT2D eigenvalue weighted by Gasteiger charge is -2.30. The maximum absolute atomic E-state index is 6.80. The fourth-order valence-electron chi connectivity index (χ4n) is 16.8. The SMILES string of the molecule is CC1(C)c2ccccc2-c2ccc(N(c3ccc4c(c3)C(C)(C)c3ccccc3-4)c3ccc4c(c3)c3cc(N(c5ccc6c(c5)C(C)(C)c5ccccc5-6)c5ccc6c(c5)C5(C)c7cccc-6c75)ccc3n4-c3ncnc4c3oc3ccccc34)cc21. The highest BCUT2D eigenvalue weighted by molar-refractivity contribution is 6.14. The first-order chi connectivity index (χ1) is 42.3. The van der Waals surface area contributed by atoms with Crippen molar-refractivity contribution >= 4 is 78.0 Å². The summed E-state index contributed by atoms with van der Waals surface area (Å²) in [6.07, 6.45) is 1.69. The third-order valence-electron chi connectivity index (χ3n) is 21.2. The number of hydrogen-bond acceptors (Lipinski definition) is 5. The molecule has 3 aromatic heterocycles. The molecule has 0 fully saturated rings. The molecule has 5 aliphatic carbocycles. The van der Waals surface area contributed by atoms with Crippen molar-refractivity contribution in [3.63, 3.8) is 0 Å². The molecule has 87 heavy (non-hydrogen) atoms. The maximum atomic E-state index is 6.80. The average molecular weight is 1120 g/mol. The first kappa shape index (κ1) is 49.0. The highest BCUT2D eigenvalue weighted by Crippen LogP contribution is 2.66. The van der Waals surface area contributed by atoms with Gasteiger partial charge < -0.3 is 14.2 Å². The van der Waals surface area contributed by atoms with Crippen molar-refractivity contribution in [1.29, 1.82) is 0 Å². The van der Waals surface area contributed by atoms with Gasteiger partial charge in [-0.2, -0.15) is 0 Å². The summed E-state index contributed by atoms with van der Waals surface area (Å²) in [6.45, 7) is 16.7. The van der Waals surface area contributed by atoms with Crippen molar-refractivity contribution in [3.05, 3.63) is 281 Å². The number of para-hydroxylation sites is 1. The first-order valence-electron chi connectivity index (χ1n) is 30.6. The van der Waals surface area contributed by atoms with Crippen LogP contribution in [0.4, 0.5) is 34.1 Å². The Kier molecular flexibility index (Phi) is 9.33. The topological polar surface area (TPSA) is 50.3 Å². The van der Waals surface area contributed by atoms with E-state index in [2.05, 4.69) is 269 Å². The van der Waals surface area contributed by atoms with Crippen molar-refractivity contribution in [2.45, 2.75) is 70.1 Å². The highest BCUT2D eigenvalue weighted by atomic mass is 16.3. The standard InChI is InChI=1S/C81H59N5O/c1-78(2)63-22-12-8-17-52(63)55-33-27-48(41-67(55)78)84(49-28-34-56-53-18-9-13-23-64(53)79(3,4)68(56)42-49)46-31-37-71-61(39-46)62-40-47(32-38-72(62)86(71)77-76-75(82-45-83-77)60-20-11-15-26-73(60)87-76)85(50-29-35-57-54-19-10-14-24-65(54)80(5,6)69(57)43-50)51-30-36-58-59-21-16-25-66-74(59)81(66,7)70(58)44-51/h8-45H,1-7H3. The molecule has 1 atom stereocenters. The third kappa shape index (κ3) is 6.29. The number of hydrogen-bond donors (Lipinski definition) is 0. The van der Waals surface area contributed by atoms with E-state index in [1.807, 2.05) is 18.2 Å². The summed E-state index contributed by atoms with van der Waals surface area (Å²) in [6, 6.07) is 84.5. The molecule has 0 amide bonds. The fourth-order valence-corrected chi connectivity index (χ4v) is 16.8. The Balaban J connectivity index is 0.863. The minimum atomic E-state index is -0.200. The maximum Gasteiger partial charge on any atom is 0.197 e. The fraction of sp³-hybridized carbons (Fsp3) is 0.136. The van der Waals surface area contributed by atoms with Gasteiger partial charge in [0.2, 0.25) is 0 Å². The molecule has 0 saturated heterocycles. The van der Waals surface area contributed by atoms with Crippen LogP contribution in [-0.4, -0.2) is 14.5 Å². The minimum absolute atomic E-state index is 0.0896. The molecule has 0 aliphatic heterocycles. The number of anilines is 6. The molecule has 5 aliphatic rings. The molecule has 0 N–H and O–H groups in total. The lowest BCUT2D eigenvalue weighted by molar-refractivity contribution is 0.660. The van der Waals surface area contributed by atoms with Crippen LogP contribution in [0, 0.1) is 0 Å². The predicted octanol–water partition coefficient (Wildman–Crippen LogP) is 21.0. The van der Waals surface area contributed by atoms with Crippen LogP contribution in [0.1, 0.15) is 98.5 Å². The van der Waals surface area contributed by atoms with Gasteiger partial charge in [0, 0.05) is 71.9 Å². The third-order valence-corrected chi connectivity index (χ3v) is 21.2. The van der Waals surface area contributed by atoms with Gasteiger partial charge in [0.05, 0.1) is 11.0 Å². The quantitative estimate of drug-likeness (QED) is 0.159. The Hall–Kier alpha value is -10.3. The van der Waals surface area contributed by atoms with E-state index in [0.29, 0.717) is 11.4 Å². The van der Waals surface area contributed by atoms with Gasteiger partial charge in [-0.1, -0.05) is 169 Å². The van der Waals surface area contributed by atoms with Gasteiger partial charge in [0.1, 0.15) is 17.4 Å². The number of nitrogens with zero attached hydrogens (tertiary/aromatic N) is 5. The number of fused-ring (bicyclic) bond motifs is 19. The second-order valence-corrected chi connectivity index (χ2v) is 26.7. The van der Waals surface area contributed by atoms with Crippen LogP contribution in [0.3, 0.4) is 0 Å². The van der Waals surface area contributed by atoms with E-state index < -0.39 is 0 Å². The van der Waals surface area contributed by atoms with Gasteiger partial charge >= 0.3 is 0 Å². The van der Waals surface area contributed by atoms with Crippen LogP contribution in [0.5, 0.6) is 0 Å². The molecule has 0 spiro atoms. The van der Waals surface area contributed by atoms with Crippen LogP contribution in [0.25, 0.3) is 94.2 Å². The van der Waals surface area contributed by atoms with Gasteiger partial charge in [-0.15, -0.1) is 0 Å². The second kappa shape index (κ2) is 16.6. The number of aromatic nitrogens is 3. The molecular weight excluding hydrogens is 1060 g/mol. The lowest BCUT2D eigenvalue weighted by atomic mass is 9.82. The highest BCUT2D eigenvalue weighted by Gasteiger charge is 2.55. The van der Waals surface area contributed by atoms with Crippen LogP contribution in [0.2, 0.25) is 0 Å². The number of benzene rings is 11. The first-order valence-corrected chi connectivity index (χ1v) is 30.6. The normalized spacial score (nSPS) is 16.8. The van der Waals surface area contributed by atoms with E-state index in [0.717, 1.165) is 72.4 Å². The summed E-state index contributed by atoms with van der Waals surface area (Å²) < 4.78 is 9.10. The Morgan fingerprint density at radius 3 is 1.23 bits per heavy atom. The van der Waals surface area contributed by atoms with Gasteiger partial charge in [0.25, 0.3) is 0 Å². The smallest absolute Gasteiger partial charge is 0.197 e. The van der Waals surface area contributed by atoms with Crippen molar-refractivity contribution in [2.24, 2.45) is 0 Å². The van der Waals surface area contributed by atoms with Crippen LogP contribution in [0.15, 0.2) is 235 Å². The van der Waals surface area contributed by atoms with Crippen LogP contribution in [-0.2, 0) is 21.7 Å². The molecule has 1 unspecified atom stereocenters. The van der Waals surface area contributed by atoms with Crippen LogP contribution < -0.4 is 9.80 Å². The molecule has 19 rings (SSSR count). The molecule has 414 valence electrons. The Bertz CT molecular complexity index is 5330. The van der Waals surface area contributed by atoms with E-state index in [1.165, 1.54) is 94.6 Å². The van der Waals surface area contributed by atoms with E-state index in [4.69, 9.17) is 14.4 Å². The van der Waals surface area contributed by atoms with E-state index in [-0.39, 0.29) is 21.7 Å². The van der Waals surface area contributed by atoms with Crippen LogP contribution >= 0.6 is 0 Å². The van der Waals surface area contributed by atoms with Gasteiger partial charge in [-0.25, -0.2) is 9.97 Å². The van der Waals surface area contributed by atoms with Gasteiger partial charge in [0.15, 0.2) is 11.4 Å². The van der Waals surface area contributed by atoms with Gasteiger partial charge in [-0.3, -0.25) is 4.57 Å². The Morgan fingerprint density at radius 2 is 0.724 bits per heavy atom. The predicted molar refractivity (Wildman–Crippen MR) is 357 cm³/mol. The monoisotopic (exact) mass is 1120 g/mol. The summed E-state index contributed by atoms with van der Waals surface area (Å²) in [4.78, 5) is 15.0. The minimum Gasteiger partial charge on any atom is -0.450 e. The molecule has 3 heterocycles. The van der Waals surface area contributed by atoms with Gasteiger partial charge in [-0.05, 0) is 199 Å². The molecular formula is C81H59N5O. The zero-order chi connectivity index (χ0) is 58.2. The zero-order valence-electron chi connectivity index (χ0n) is 49.6. The van der Waals surface area contributed by atoms with E-state index in [9.17, 15) is 0 Å². The molecule has 14 aromatic rings. The molecule has 11 aromatic carbocycles. The van der Waals surface area contributed by atoms with Crippen molar-refractivity contribution < 1.29 is 4.42 Å². The zero-order valence-corrected chi connectivity index (χ0v) is 49.6. The summed E-state index contributed by atoms with van der Waals surface area (Å²) >= 11 is 0. The number of furan rings is 1. The van der Waals surface area contributed by atoms with E-state index >= 15 is 0 Å². The number of rotatable bonds is 7. The van der Waals surface area contributed by atoms with Crippen molar-refractivity contribution in [1.82, 2.24) is 14.5 Å². The van der Waals surface area contributed by atoms with Crippen molar-refractivity contribution in [3.8, 4) is 50.3 Å². The largest absolute Gasteiger partial charge is 0.450 e. The Morgan fingerprint density at radius 1 is 0.333 bits per heavy atom. The van der Waals surface area contributed by atoms with E-state index in [1.54, 1.807) is 6.33 Å². The summed E-state index contributed by atoms with van der Waals surface area (Å²) in [5, 5.41) is 3.14. The summed E-state index contributed by atoms with van der Waals surface area (Å²) in [5.41, 5.74) is 33.0. The molecule has 6 nitrogen and oxygen atoms in total. The molecule has 0 radical (unpaired) electrons. The lowest BCUT2D eigenvalue weighted by Crippen LogP contribution is -2.18. The second-order valence-electron chi connectivity index (χ2n) is 26.7. The molecule has 0 saturated carbocycles. The summed E-state index contributed by atoms with van der Waals surface area (Å²) in [7, 11) is 0. The van der Waals surface area contributed by atoms with Crippen molar-refractivity contribution in [2.75, 3.05) is 9.80 Å². The molecule has 6 heteroatoms. The molecule has 0 bridgehead atoms.